The second-order valence-corrected chi connectivity index (χ2v) is 8.53. The molecular weight excluding hydrogens is 284 g/mol. The number of carbonyl (C=O) groups excluding carboxylic acids is 1. The Morgan fingerprint density at radius 1 is 1.13 bits per heavy atom. The fourth-order valence-electron chi connectivity index (χ4n) is 6.68. The van der Waals surface area contributed by atoms with E-state index in [0.29, 0.717) is 12.2 Å². The smallest absolute Gasteiger partial charge is 0.311 e. The minimum Gasteiger partial charge on any atom is -0.427 e. The van der Waals surface area contributed by atoms with Crippen molar-refractivity contribution in [3.63, 3.8) is 0 Å². The highest BCUT2D eigenvalue weighted by Gasteiger charge is 2.64. The Hall–Kier alpha value is -1.57. The number of hydrogen-bond acceptors (Lipinski definition) is 2. The number of para-hydroxylation sites is 1. The van der Waals surface area contributed by atoms with Gasteiger partial charge in [-0.2, -0.15) is 0 Å². The van der Waals surface area contributed by atoms with Crippen LogP contribution in [0.4, 0.5) is 0 Å². The van der Waals surface area contributed by atoms with Crippen molar-refractivity contribution in [3.8, 4) is 5.75 Å². The molecule has 1 aromatic carbocycles. The molecule has 3 saturated carbocycles. The summed E-state index contributed by atoms with van der Waals surface area (Å²) >= 11 is 0. The number of ether oxygens (including phenoxy) is 1. The van der Waals surface area contributed by atoms with Crippen molar-refractivity contribution in [2.24, 2.45) is 40.9 Å². The minimum atomic E-state index is -0.0542. The maximum atomic E-state index is 12.5. The van der Waals surface area contributed by atoms with Gasteiger partial charge in [-0.3, -0.25) is 4.79 Å². The third-order valence-electron chi connectivity index (χ3n) is 7.30. The molecule has 5 rings (SSSR count). The number of esters is 1. The summed E-state index contributed by atoms with van der Waals surface area (Å²) in [6.07, 6.45) is 9.47. The Bertz CT molecular complexity index is 664. The molecule has 2 nitrogen and oxygen atoms in total. The molecule has 120 valence electrons. The Balaban J connectivity index is 1.32. The van der Waals surface area contributed by atoms with Crippen LogP contribution in [0.1, 0.15) is 32.6 Å². The van der Waals surface area contributed by atoms with Gasteiger partial charge in [-0.15, -0.1) is 0 Å². The topological polar surface area (TPSA) is 26.3 Å². The first-order valence-electron chi connectivity index (χ1n) is 9.08. The zero-order valence-electron chi connectivity index (χ0n) is 13.7. The molecule has 3 fully saturated rings. The second-order valence-electron chi connectivity index (χ2n) is 8.53. The summed E-state index contributed by atoms with van der Waals surface area (Å²) in [5.74, 6) is 5.60. The van der Waals surface area contributed by atoms with Crippen molar-refractivity contribution in [2.45, 2.75) is 32.6 Å². The third-order valence-corrected chi connectivity index (χ3v) is 7.30. The number of fused-ring (bicyclic) bond motifs is 9. The molecule has 1 aromatic rings. The van der Waals surface area contributed by atoms with Crippen molar-refractivity contribution in [1.82, 2.24) is 0 Å². The molecule has 4 aliphatic rings. The van der Waals surface area contributed by atoms with Gasteiger partial charge in [0.1, 0.15) is 5.75 Å². The van der Waals surface area contributed by atoms with Gasteiger partial charge in [0.15, 0.2) is 0 Å². The van der Waals surface area contributed by atoms with Crippen LogP contribution in [0.2, 0.25) is 0 Å². The van der Waals surface area contributed by atoms with Crippen LogP contribution >= 0.6 is 0 Å². The van der Waals surface area contributed by atoms with Gasteiger partial charge in [0.2, 0.25) is 0 Å². The van der Waals surface area contributed by atoms with Crippen molar-refractivity contribution >= 4 is 5.97 Å². The van der Waals surface area contributed by atoms with Crippen molar-refractivity contribution in [2.75, 3.05) is 0 Å². The summed E-state index contributed by atoms with van der Waals surface area (Å²) in [6.45, 7) is 2.34. The zero-order chi connectivity index (χ0) is 15.6. The second kappa shape index (κ2) is 4.72. The minimum absolute atomic E-state index is 0.0542. The molecule has 7 unspecified atom stereocenters. The summed E-state index contributed by atoms with van der Waals surface area (Å²) in [6, 6.07) is 9.48. The average molecular weight is 308 g/mol. The van der Waals surface area contributed by atoms with E-state index in [-0.39, 0.29) is 11.4 Å². The fourth-order valence-corrected chi connectivity index (χ4v) is 6.68. The standard InChI is InChI=1S/C21H24O2/c1-21(12-18(22)23-16-5-3-2-4-6-16)11-15-10-17(21)20-14-8-7-13(9-14)19(15)20/h2-8,13-15,17,19-20H,9-12H2,1H3. The molecule has 0 aliphatic heterocycles. The number of benzene rings is 1. The number of carbonyl (C=O) groups is 1. The first-order valence-corrected chi connectivity index (χ1v) is 9.08. The number of hydrogen-bond donors (Lipinski definition) is 0. The van der Waals surface area contributed by atoms with Crippen LogP contribution in [0.25, 0.3) is 0 Å². The van der Waals surface area contributed by atoms with Gasteiger partial charge in [0.05, 0.1) is 6.42 Å². The number of rotatable bonds is 3. The SMILES string of the molecule is CC1(CC(=O)Oc2ccccc2)CC2CC1C1C3C=CC(C3)C21. The van der Waals surface area contributed by atoms with E-state index in [4.69, 9.17) is 4.74 Å². The van der Waals surface area contributed by atoms with Gasteiger partial charge in [0.25, 0.3) is 0 Å². The van der Waals surface area contributed by atoms with Crippen LogP contribution < -0.4 is 4.74 Å². The van der Waals surface area contributed by atoms with E-state index >= 15 is 0 Å². The summed E-state index contributed by atoms with van der Waals surface area (Å²) < 4.78 is 5.57. The predicted octanol–water partition coefficient (Wildman–Crippen LogP) is 4.47. The van der Waals surface area contributed by atoms with Crippen LogP contribution in [-0.2, 0) is 4.79 Å². The largest absolute Gasteiger partial charge is 0.427 e. The Labute approximate surface area is 137 Å². The lowest BCUT2D eigenvalue weighted by Crippen LogP contribution is -2.39. The van der Waals surface area contributed by atoms with E-state index in [1.165, 1.54) is 19.3 Å². The maximum Gasteiger partial charge on any atom is 0.311 e. The Morgan fingerprint density at radius 3 is 2.65 bits per heavy atom. The quantitative estimate of drug-likeness (QED) is 0.356. The molecule has 0 N–H and O–H groups in total. The van der Waals surface area contributed by atoms with E-state index in [1.807, 2.05) is 30.3 Å². The lowest BCUT2D eigenvalue weighted by molar-refractivity contribution is -0.138. The fraction of sp³-hybridized carbons (Fsp3) is 0.571. The third kappa shape index (κ3) is 1.96. The number of allylic oxidation sites excluding steroid dienone is 2. The molecule has 23 heavy (non-hydrogen) atoms. The molecule has 0 spiro atoms. The highest BCUT2D eigenvalue weighted by atomic mass is 16.5. The first kappa shape index (κ1) is 13.8. The van der Waals surface area contributed by atoms with Crippen LogP contribution in [0.15, 0.2) is 42.5 Å². The molecule has 0 heterocycles. The molecular formula is C21H24O2. The summed E-state index contributed by atoms with van der Waals surface area (Å²) in [7, 11) is 0. The van der Waals surface area contributed by atoms with Gasteiger partial charge >= 0.3 is 5.97 Å². The lowest BCUT2D eigenvalue weighted by Gasteiger charge is -2.43. The zero-order valence-corrected chi connectivity index (χ0v) is 13.7. The Morgan fingerprint density at radius 2 is 1.87 bits per heavy atom. The summed E-state index contributed by atoms with van der Waals surface area (Å²) in [5.41, 5.74) is 0.149. The molecule has 2 heteroatoms. The van der Waals surface area contributed by atoms with E-state index in [9.17, 15) is 4.79 Å². The molecule has 0 radical (unpaired) electrons. The molecule has 0 aromatic heterocycles. The van der Waals surface area contributed by atoms with Gasteiger partial charge in [0, 0.05) is 0 Å². The van der Waals surface area contributed by atoms with E-state index in [2.05, 4.69) is 19.1 Å². The first-order chi connectivity index (χ1) is 11.1. The van der Waals surface area contributed by atoms with Crippen LogP contribution in [0.3, 0.4) is 0 Å². The van der Waals surface area contributed by atoms with Crippen molar-refractivity contribution < 1.29 is 9.53 Å². The highest BCUT2D eigenvalue weighted by molar-refractivity contribution is 5.73. The summed E-state index contributed by atoms with van der Waals surface area (Å²) in [4.78, 5) is 12.5. The van der Waals surface area contributed by atoms with Crippen molar-refractivity contribution in [1.29, 1.82) is 0 Å². The normalized spacial score (nSPS) is 45.4. The van der Waals surface area contributed by atoms with E-state index in [0.717, 1.165) is 35.5 Å². The van der Waals surface area contributed by atoms with Gasteiger partial charge in [-0.1, -0.05) is 37.3 Å². The lowest BCUT2D eigenvalue weighted by atomic mass is 9.62. The van der Waals surface area contributed by atoms with Crippen LogP contribution in [-0.4, -0.2) is 5.97 Å². The van der Waals surface area contributed by atoms with Crippen molar-refractivity contribution in [3.05, 3.63) is 42.5 Å². The van der Waals surface area contributed by atoms with E-state index < -0.39 is 0 Å². The molecule has 0 amide bonds. The van der Waals surface area contributed by atoms with Crippen LogP contribution in [0.5, 0.6) is 5.75 Å². The maximum absolute atomic E-state index is 12.5. The monoisotopic (exact) mass is 308 g/mol. The molecule has 4 aliphatic carbocycles. The van der Waals surface area contributed by atoms with E-state index in [1.54, 1.807) is 0 Å². The van der Waals surface area contributed by atoms with Gasteiger partial charge < -0.3 is 4.74 Å². The summed E-state index contributed by atoms with van der Waals surface area (Å²) in [5, 5.41) is 0. The average Bonchev–Trinajstić information content (AvgIpc) is 3.25. The highest BCUT2D eigenvalue weighted by Crippen LogP contribution is 2.71. The predicted molar refractivity (Wildman–Crippen MR) is 88.7 cm³/mol. The molecule has 4 bridgehead atoms. The Kier molecular flexibility index (Phi) is 2.84. The molecule has 7 atom stereocenters. The van der Waals surface area contributed by atoms with Gasteiger partial charge in [-0.25, -0.2) is 0 Å². The molecule has 0 saturated heterocycles. The van der Waals surface area contributed by atoms with Crippen LogP contribution in [0, 0.1) is 40.9 Å². The van der Waals surface area contributed by atoms with Gasteiger partial charge in [-0.05, 0) is 72.3 Å².